The number of nitrogens with zero attached hydrogens (tertiary/aromatic N) is 1. The van der Waals surface area contributed by atoms with Crippen LogP contribution in [0.25, 0.3) is 5.57 Å². The molecule has 0 unspecified atom stereocenters. The van der Waals surface area contributed by atoms with Gasteiger partial charge in [-0.1, -0.05) is 37.3 Å². The number of allylic oxidation sites excluding steroid dienone is 6. The normalized spacial score (nSPS) is 21.4. The van der Waals surface area contributed by atoms with E-state index in [4.69, 9.17) is 4.98 Å². The van der Waals surface area contributed by atoms with Crippen LogP contribution in [0.4, 0.5) is 0 Å². The fourth-order valence-electron chi connectivity index (χ4n) is 2.58. The molecule has 0 radical (unpaired) electrons. The van der Waals surface area contributed by atoms with Crippen LogP contribution in [0.1, 0.15) is 56.2 Å². The summed E-state index contributed by atoms with van der Waals surface area (Å²) >= 11 is 1.84. The van der Waals surface area contributed by atoms with Crippen LogP contribution in [0, 0.1) is 0 Å². The standard InChI is InChI=1S/C17H21NS/c1-2-17(11-12-17)16-18-15(13-19-16)14-9-7-5-3-4-6-8-10-14/h5,7-10,13H,2-4,6,11-12H2,1H3. The summed E-state index contributed by atoms with van der Waals surface area (Å²) in [7, 11) is 0. The fourth-order valence-corrected chi connectivity index (χ4v) is 3.74. The quantitative estimate of drug-likeness (QED) is 0.730. The molecule has 2 heteroatoms. The van der Waals surface area contributed by atoms with Crippen LogP contribution < -0.4 is 0 Å². The van der Waals surface area contributed by atoms with E-state index in [2.05, 4.69) is 42.7 Å². The van der Waals surface area contributed by atoms with Crippen molar-refractivity contribution in [3.05, 3.63) is 46.5 Å². The van der Waals surface area contributed by atoms with Crippen LogP contribution in [0.15, 0.2) is 35.8 Å². The maximum Gasteiger partial charge on any atom is 0.0994 e. The average Bonchev–Trinajstić information content (AvgIpc) is 3.04. The number of hydrogen-bond donors (Lipinski definition) is 0. The second-order valence-corrected chi connectivity index (χ2v) is 6.41. The van der Waals surface area contributed by atoms with E-state index < -0.39 is 0 Å². The van der Waals surface area contributed by atoms with Gasteiger partial charge in [-0.15, -0.1) is 11.3 Å². The highest BCUT2D eigenvalue weighted by Gasteiger charge is 2.44. The lowest BCUT2D eigenvalue weighted by Crippen LogP contribution is -2.03. The third-order valence-corrected chi connectivity index (χ3v) is 5.32. The van der Waals surface area contributed by atoms with Gasteiger partial charge in [0.1, 0.15) is 0 Å². The zero-order valence-electron chi connectivity index (χ0n) is 11.6. The van der Waals surface area contributed by atoms with Crippen molar-refractivity contribution in [3.63, 3.8) is 0 Å². The van der Waals surface area contributed by atoms with Crippen molar-refractivity contribution in [3.8, 4) is 0 Å². The summed E-state index contributed by atoms with van der Waals surface area (Å²) in [4.78, 5) is 4.91. The smallest absolute Gasteiger partial charge is 0.0994 e. The SMILES string of the molecule is CCC1(c2nc(C3=CC=CCCCC=C3)cs2)CC1. The Morgan fingerprint density at radius 3 is 2.89 bits per heavy atom. The van der Waals surface area contributed by atoms with Crippen molar-refractivity contribution in [1.82, 2.24) is 4.98 Å². The zero-order valence-corrected chi connectivity index (χ0v) is 12.4. The van der Waals surface area contributed by atoms with Crippen LogP contribution in [0.2, 0.25) is 0 Å². The van der Waals surface area contributed by atoms with Crippen LogP contribution in [0.3, 0.4) is 0 Å². The number of aromatic nitrogens is 1. The van der Waals surface area contributed by atoms with Gasteiger partial charge in [-0.2, -0.15) is 0 Å². The molecule has 0 spiro atoms. The van der Waals surface area contributed by atoms with Crippen molar-refractivity contribution in [2.45, 2.75) is 50.9 Å². The average molecular weight is 271 g/mol. The number of hydrogen-bond acceptors (Lipinski definition) is 2. The molecule has 0 bridgehead atoms. The third-order valence-electron chi connectivity index (χ3n) is 4.23. The number of thiazole rings is 1. The van der Waals surface area contributed by atoms with Gasteiger partial charge in [0.15, 0.2) is 0 Å². The molecule has 1 nitrogen and oxygen atoms in total. The van der Waals surface area contributed by atoms with Gasteiger partial charge in [0.2, 0.25) is 0 Å². The summed E-state index contributed by atoms with van der Waals surface area (Å²) < 4.78 is 0. The Hall–Kier alpha value is -1.15. The maximum absolute atomic E-state index is 4.91. The molecule has 1 saturated carbocycles. The molecular formula is C17H21NS. The van der Waals surface area contributed by atoms with E-state index >= 15 is 0 Å². The summed E-state index contributed by atoms with van der Waals surface area (Å²) in [6.45, 7) is 2.29. The van der Waals surface area contributed by atoms with E-state index in [1.54, 1.807) is 0 Å². The van der Waals surface area contributed by atoms with E-state index in [-0.39, 0.29) is 0 Å². The van der Waals surface area contributed by atoms with Crippen molar-refractivity contribution < 1.29 is 0 Å². The Balaban J connectivity index is 1.87. The molecule has 1 aromatic heterocycles. The first-order valence-corrected chi connectivity index (χ1v) is 8.22. The second-order valence-electron chi connectivity index (χ2n) is 5.56. The lowest BCUT2D eigenvalue weighted by atomic mass is 10.1. The van der Waals surface area contributed by atoms with Crippen molar-refractivity contribution in [1.29, 1.82) is 0 Å². The van der Waals surface area contributed by atoms with Gasteiger partial charge in [0, 0.05) is 16.4 Å². The summed E-state index contributed by atoms with van der Waals surface area (Å²) in [6, 6.07) is 0. The van der Waals surface area contributed by atoms with Gasteiger partial charge < -0.3 is 0 Å². The molecule has 0 amide bonds. The highest BCUT2D eigenvalue weighted by atomic mass is 32.1. The predicted molar refractivity (Wildman–Crippen MR) is 83.4 cm³/mol. The van der Waals surface area contributed by atoms with Crippen molar-refractivity contribution >= 4 is 16.9 Å². The van der Waals surface area contributed by atoms with Crippen LogP contribution in [0.5, 0.6) is 0 Å². The highest BCUT2D eigenvalue weighted by molar-refractivity contribution is 7.10. The molecule has 0 N–H and O–H groups in total. The lowest BCUT2D eigenvalue weighted by molar-refractivity contribution is 0.658. The van der Waals surface area contributed by atoms with E-state index in [9.17, 15) is 0 Å². The Kier molecular flexibility index (Phi) is 3.69. The minimum Gasteiger partial charge on any atom is -0.241 e. The molecule has 0 aromatic carbocycles. The van der Waals surface area contributed by atoms with Crippen molar-refractivity contribution in [2.75, 3.05) is 0 Å². The summed E-state index contributed by atoms with van der Waals surface area (Å²) in [5, 5.41) is 3.58. The molecule has 1 aromatic rings. The molecule has 2 aliphatic carbocycles. The monoisotopic (exact) mass is 271 g/mol. The van der Waals surface area contributed by atoms with Crippen LogP contribution in [-0.2, 0) is 5.41 Å². The Morgan fingerprint density at radius 2 is 2.11 bits per heavy atom. The van der Waals surface area contributed by atoms with E-state index in [1.165, 1.54) is 42.7 Å². The van der Waals surface area contributed by atoms with Gasteiger partial charge in [0.25, 0.3) is 0 Å². The molecule has 1 heterocycles. The minimum absolute atomic E-state index is 0.432. The molecule has 0 atom stereocenters. The molecular weight excluding hydrogens is 250 g/mol. The molecule has 19 heavy (non-hydrogen) atoms. The maximum atomic E-state index is 4.91. The van der Waals surface area contributed by atoms with Crippen LogP contribution >= 0.6 is 11.3 Å². The van der Waals surface area contributed by atoms with Crippen LogP contribution in [-0.4, -0.2) is 4.98 Å². The summed E-state index contributed by atoms with van der Waals surface area (Å²) in [5.41, 5.74) is 2.84. The molecule has 100 valence electrons. The molecule has 0 saturated heterocycles. The Morgan fingerprint density at radius 1 is 1.26 bits per heavy atom. The van der Waals surface area contributed by atoms with Gasteiger partial charge in [0.05, 0.1) is 10.7 Å². The largest absolute Gasteiger partial charge is 0.241 e. The molecule has 2 aliphatic rings. The molecule has 1 fully saturated rings. The lowest BCUT2D eigenvalue weighted by Gasteiger charge is -2.06. The third kappa shape index (κ3) is 2.74. The molecule has 3 rings (SSSR count). The van der Waals surface area contributed by atoms with E-state index in [0.717, 1.165) is 12.1 Å². The topological polar surface area (TPSA) is 12.9 Å². The first-order chi connectivity index (χ1) is 9.34. The first kappa shape index (κ1) is 12.9. The highest BCUT2D eigenvalue weighted by Crippen LogP contribution is 2.52. The Bertz CT molecular complexity index is 529. The fraction of sp³-hybridized carbons (Fsp3) is 0.471. The van der Waals surface area contributed by atoms with E-state index in [1.807, 2.05) is 11.3 Å². The zero-order chi connectivity index (χ0) is 13.1. The molecule has 0 aliphatic heterocycles. The summed E-state index contributed by atoms with van der Waals surface area (Å²) in [5.74, 6) is 0. The van der Waals surface area contributed by atoms with Crippen molar-refractivity contribution in [2.24, 2.45) is 0 Å². The first-order valence-electron chi connectivity index (χ1n) is 7.34. The van der Waals surface area contributed by atoms with Gasteiger partial charge in [-0.05, 0) is 38.5 Å². The van der Waals surface area contributed by atoms with Gasteiger partial charge in [-0.25, -0.2) is 4.98 Å². The van der Waals surface area contributed by atoms with Gasteiger partial charge >= 0.3 is 0 Å². The number of rotatable bonds is 3. The Labute approximate surface area is 119 Å². The minimum atomic E-state index is 0.432. The second kappa shape index (κ2) is 5.46. The summed E-state index contributed by atoms with van der Waals surface area (Å²) in [6.07, 6.45) is 18.6. The predicted octanol–water partition coefficient (Wildman–Crippen LogP) is 5.26. The van der Waals surface area contributed by atoms with E-state index in [0.29, 0.717) is 5.41 Å². The van der Waals surface area contributed by atoms with Gasteiger partial charge in [-0.3, -0.25) is 0 Å².